The zero-order chi connectivity index (χ0) is 18.1. The Balaban J connectivity index is 2.30. The second kappa shape index (κ2) is 6.84. The molecule has 1 saturated heterocycles. The molecule has 8 nitrogen and oxygen atoms in total. The van der Waals surface area contributed by atoms with Crippen molar-refractivity contribution in [3.8, 4) is 0 Å². The van der Waals surface area contributed by atoms with Crippen molar-refractivity contribution in [1.82, 2.24) is 10.2 Å². The van der Waals surface area contributed by atoms with Gasteiger partial charge in [0.2, 0.25) is 6.41 Å². The van der Waals surface area contributed by atoms with E-state index < -0.39 is 23.6 Å². The van der Waals surface area contributed by atoms with Gasteiger partial charge in [-0.25, -0.2) is 4.79 Å². The first kappa shape index (κ1) is 18.3. The van der Waals surface area contributed by atoms with E-state index in [0.717, 1.165) is 0 Å². The Bertz CT molecular complexity index is 610. The summed E-state index contributed by atoms with van der Waals surface area (Å²) < 4.78 is 10.4. The predicted octanol–water partition coefficient (Wildman–Crippen LogP) is 0.175. The van der Waals surface area contributed by atoms with Crippen molar-refractivity contribution in [3.63, 3.8) is 0 Å². The monoisotopic (exact) mass is 356 g/mol. The minimum Gasteiger partial charge on any atom is -0.461 e. The number of amides is 2. The molecule has 2 heterocycles. The number of hydrogen-bond acceptors (Lipinski definition) is 7. The summed E-state index contributed by atoms with van der Waals surface area (Å²) in [7, 11) is 0. The van der Waals surface area contributed by atoms with Crippen molar-refractivity contribution in [2.24, 2.45) is 0 Å². The molecule has 24 heavy (non-hydrogen) atoms. The van der Waals surface area contributed by atoms with Crippen molar-refractivity contribution in [2.45, 2.75) is 44.7 Å². The van der Waals surface area contributed by atoms with Crippen LogP contribution in [0, 0.1) is 0 Å². The normalized spacial score (nSPS) is 23.2. The smallest absolute Gasteiger partial charge is 0.355 e. The summed E-state index contributed by atoms with van der Waals surface area (Å²) in [5.74, 6) is -1.12. The number of carbonyl (C=O) groups is 4. The Morgan fingerprint density at radius 1 is 1.42 bits per heavy atom. The van der Waals surface area contributed by atoms with Gasteiger partial charge in [-0.05, 0) is 20.8 Å². The van der Waals surface area contributed by atoms with Crippen molar-refractivity contribution < 1.29 is 28.7 Å². The minimum atomic E-state index is -0.731. The molecule has 1 fully saturated rings. The van der Waals surface area contributed by atoms with E-state index in [9.17, 15) is 19.2 Å². The lowest BCUT2D eigenvalue weighted by Gasteiger charge is -2.49. The van der Waals surface area contributed by atoms with Gasteiger partial charge in [-0.1, -0.05) is 0 Å². The lowest BCUT2D eigenvalue weighted by molar-refractivity contribution is -0.159. The van der Waals surface area contributed by atoms with E-state index in [1.54, 1.807) is 20.8 Å². The van der Waals surface area contributed by atoms with Crippen LogP contribution < -0.4 is 5.32 Å². The zero-order valence-corrected chi connectivity index (χ0v) is 14.8. The van der Waals surface area contributed by atoms with Gasteiger partial charge in [0.25, 0.3) is 5.91 Å². The van der Waals surface area contributed by atoms with Crippen LogP contribution in [0.2, 0.25) is 0 Å². The summed E-state index contributed by atoms with van der Waals surface area (Å²) in [5, 5.41) is 2.08. The molecule has 0 aromatic carbocycles. The fourth-order valence-electron chi connectivity index (χ4n) is 2.39. The van der Waals surface area contributed by atoms with Crippen LogP contribution in [0.25, 0.3) is 0 Å². The molecule has 2 aliphatic rings. The molecule has 1 unspecified atom stereocenters. The highest BCUT2D eigenvalue weighted by Gasteiger charge is 2.54. The molecule has 0 radical (unpaired) electrons. The van der Waals surface area contributed by atoms with Crippen LogP contribution in [0.3, 0.4) is 0 Å². The molecular weight excluding hydrogens is 336 g/mol. The summed E-state index contributed by atoms with van der Waals surface area (Å²) in [4.78, 5) is 47.8. The third-order valence-corrected chi connectivity index (χ3v) is 4.68. The maximum atomic E-state index is 12.6. The van der Waals surface area contributed by atoms with Crippen LogP contribution in [0.5, 0.6) is 0 Å². The van der Waals surface area contributed by atoms with Crippen molar-refractivity contribution >= 4 is 36.0 Å². The molecule has 0 aromatic heterocycles. The lowest BCUT2D eigenvalue weighted by Crippen LogP contribution is -2.69. The van der Waals surface area contributed by atoms with Crippen LogP contribution in [0.15, 0.2) is 11.3 Å². The summed E-state index contributed by atoms with van der Waals surface area (Å²) in [6.45, 7) is 6.35. The highest BCUT2D eigenvalue weighted by molar-refractivity contribution is 8.00. The largest absolute Gasteiger partial charge is 0.461 e. The van der Waals surface area contributed by atoms with Gasteiger partial charge in [0.15, 0.2) is 0 Å². The molecule has 2 rings (SSSR count). The summed E-state index contributed by atoms with van der Waals surface area (Å²) >= 11 is 1.39. The summed E-state index contributed by atoms with van der Waals surface area (Å²) in [6.07, 6.45) is 0.464. The van der Waals surface area contributed by atoms with Gasteiger partial charge in [0.05, 0.1) is 0 Å². The first-order chi connectivity index (χ1) is 11.2. The molecule has 2 amide bonds. The number of β-lactam (4-membered cyclic amide) rings is 1. The number of nitrogens with one attached hydrogen (secondary N) is 1. The molecular formula is C15H20N2O6S. The second-order valence-electron chi connectivity index (χ2n) is 6.41. The standard InChI is InChI=1S/C15H20N2O6S/c1-8(19)22-5-9-6-24-13-10(16-7-18)12(20)17(13)11(9)14(21)23-15(2,3)4/h7,10,13H,5-6H2,1-4H3,(H,16,18)/t10-,13?/m0/s1. The van der Waals surface area contributed by atoms with Crippen molar-refractivity contribution in [1.29, 1.82) is 0 Å². The number of hydrogen-bond donors (Lipinski definition) is 1. The van der Waals surface area contributed by atoms with Gasteiger partial charge >= 0.3 is 11.9 Å². The average Bonchev–Trinajstić information content (AvgIpc) is 2.47. The van der Waals surface area contributed by atoms with E-state index in [1.807, 2.05) is 0 Å². The molecule has 1 N–H and O–H groups in total. The van der Waals surface area contributed by atoms with E-state index in [-0.39, 0.29) is 23.6 Å². The van der Waals surface area contributed by atoms with Gasteiger partial charge in [-0.2, -0.15) is 0 Å². The SMILES string of the molecule is CC(=O)OCC1=C(C(=O)OC(C)(C)C)N2C(=O)[C@H](NC=O)C2SC1. The van der Waals surface area contributed by atoms with Gasteiger partial charge in [-0.15, -0.1) is 11.8 Å². The third-order valence-electron chi connectivity index (χ3n) is 3.34. The predicted molar refractivity (Wildman–Crippen MR) is 85.6 cm³/mol. The number of ether oxygens (including phenoxy) is 2. The van der Waals surface area contributed by atoms with E-state index in [2.05, 4.69) is 5.32 Å². The number of nitrogens with zero attached hydrogens (tertiary/aromatic N) is 1. The van der Waals surface area contributed by atoms with Crippen LogP contribution in [-0.2, 0) is 28.7 Å². The highest BCUT2D eigenvalue weighted by atomic mass is 32.2. The molecule has 2 aliphatic heterocycles. The number of fused-ring (bicyclic) bond motifs is 1. The van der Waals surface area contributed by atoms with Crippen molar-refractivity contribution in [2.75, 3.05) is 12.4 Å². The lowest BCUT2D eigenvalue weighted by atomic mass is 10.0. The van der Waals surface area contributed by atoms with Crippen LogP contribution >= 0.6 is 11.8 Å². The van der Waals surface area contributed by atoms with E-state index in [1.165, 1.54) is 23.6 Å². The molecule has 0 aromatic rings. The topological polar surface area (TPSA) is 102 Å². The molecule has 2 atom stereocenters. The van der Waals surface area contributed by atoms with Crippen LogP contribution in [0.1, 0.15) is 27.7 Å². The van der Waals surface area contributed by atoms with E-state index >= 15 is 0 Å². The fourth-order valence-corrected chi connectivity index (χ4v) is 3.73. The quantitative estimate of drug-likeness (QED) is 0.426. The molecule has 132 valence electrons. The average molecular weight is 356 g/mol. The second-order valence-corrected chi connectivity index (χ2v) is 7.51. The Morgan fingerprint density at radius 2 is 2.08 bits per heavy atom. The van der Waals surface area contributed by atoms with Crippen LogP contribution in [-0.4, -0.2) is 58.5 Å². The molecule has 0 aliphatic carbocycles. The first-order valence-electron chi connectivity index (χ1n) is 7.39. The van der Waals surface area contributed by atoms with Gasteiger partial charge in [0.1, 0.15) is 29.3 Å². The highest BCUT2D eigenvalue weighted by Crippen LogP contribution is 2.40. The van der Waals surface area contributed by atoms with E-state index in [0.29, 0.717) is 17.7 Å². The third kappa shape index (κ3) is 3.72. The minimum absolute atomic E-state index is 0.0841. The summed E-state index contributed by atoms with van der Waals surface area (Å²) in [5.41, 5.74) is -0.118. The molecule has 0 spiro atoms. The maximum absolute atomic E-state index is 12.6. The molecule has 0 bridgehead atoms. The summed E-state index contributed by atoms with van der Waals surface area (Å²) in [6, 6.07) is -0.666. The zero-order valence-electron chi connectivity index (χ0n) is 14.0. The Kier molecular flexibility index (Phi) is 5.22. The van der Waals surface area contributed by atoms with E-state index in [4.69, 9.17) is 9.47 Å². The Hall–Kier alpha value is -2.03. The maximum Gasteiger partial charge on any atom is 0.355 e. The van der Waals surface area contributed by atoms with Gasteiger partial charge in [-0.3, -0.25) is 19.3 Å². The molecule has 9 heteroatoms. The number of rotatable bonds is 5. The fraction of sp³-hybridized carbons (Fsp3) is 0.600. The Labute approximate surface area is 143 Å². The number of esters is 2. The molecule has 0 saturated carbocycles. The Morgan fingerprint density at radius 3 is 2.62 bits per heavy atom. The van der Waals surface area contributed by atoms with Crippen molar-refractivity contribution in [3.05, 3.63) is 11.3 Å². The first-order valence-corrected chi connectivity index (χ1v) is 8.43. The number of thioether (sulfide) groups is 1. The van der Waals surface area contributed by atoms with Gasteiger partial charge in [0, 0.05) is 18.2 Å². The number of carbonyl (C=O) groups excluding carboxylic acids is 4. The van der Waals surface area contributed by atoms with Gasteiger partial charge < -0.3 is 14.8 Å². The van der Waals surface area contributed by atoms with Crippen LogP contribution in [0.4, 0.5) is 0 Å².